The van der Waals surface area contributed by atoms with Gasteiger partial charge in [0.05, 0.1) is 6.61 Å². The highest BCUT2D eigenvalue weighted by molar-refractivity contribution is 9.09. The minimum atomic E-state index is -0.365. The molecule has 0 radical (unpaired) electrons. The molecule has 0 spiro atoms. The molecular weight excluding hydrogens is 318 g/mol. The molecule has 0 aliphatic carbocycles. The summed E-state index contributed by atoms with van der Waals surface area (Å²) < 4.78 is 5.36. The number of ether oxygens (including phenoxy) is 1. The van der Waals surface area contributed by atoms with E-state index in [2.05, 4.69) is 21.2 Å². The molecule has 0 heterocycles. The second-order valence-corrected chi connectivity index (χ2v) is 5.14. The second kappa shape index (κ2) is 7.10. The summed E-state index contributed by atoms with van der Waals surface area (Å²) in [6, 6.07) is 16.9. The molecule has 0 bridgehead atoms. The van der Waals surface area contributed by atoms with Gasteiger partial charge in [0.15, 0.2) is 0 Å². The molecule has 2 aromatic carbocycles. The van der Waals surface area contributed by atoms with E-state index in [0.29, 0.717) is 6.61 Å². The van der Waals surface area contributed by atoms with Crippen LogP contribution < -0.4 is 10.1 Å². The average molecular weight is 334 g/mol. The number of hydrogen-bond donors (Lipinski definition) is 1. The Bertz CT molecular complexity index is 554. The molecule has 0 fully saturated rings. The minimum absolute atomic E-state index is 0.0969. The van der Waals surface area contributed by atoms with Crippen molar-refractivity contribution in [3.63, 3.8) is 0 Å². The van der Waals surface area contributed by atoms with Crippen LogP contribution in [-0.2, 0) is 4.79 Å². The lowest BCUT2D eigenvalue weighted by molar-refractivity contribution is -0.115. The predicted octanol–water partition coefficient (Wildman–Crippen LogP) is 4.16. The monoisotopic (exact) mass is 333 g/mol. The fourth-order valence-corrected chi connectivity index (χ4v) is 2.20. The van der Waals surface area contributed by atoms with Crippen molar-refractivity contribution in [3.8, 4) is 5.75 Å². The number of alkyl halides is 1. The summed E-state index contributed by atoms with van der Waals surface area (Å²) >= 11 is 3.41. The van der Waals surface area contributed by atoms with Crippen molar-refractivity contribution in [1.29, 1.82) is 0 Å². The van der Waals surface area contributed by atoms with E-state index in [9.17, 15) is 4.79 Å². The van der Waals surface area contributed by atoms with Gasteiger partial charge in [0.2, 0.25) is 5.91 Å². The molecule has 104 valence electrons. The van der Waals surface area contributed by atoms with Gasteiger partial charge in [-0.25, -0.2) is 0 Å². The van der Waals surface area contributed by atoms with Crippen molar-refractivity contribution in [2.75, 3.05) is 11.9 Å². The maximum absolute atomic E-state index is 12.1. The smallest absolute Gasteiger partial charge is 0.242 e. The van der Waals surface area contributed by atoms with Crippen molar-refractivity contribution < 1.29 is 9.53 Å². The van der Waals surface area contributed by atoms with Gasteiger partial charge in [-0.15, -0.1) is 0 Å². The van der Waals surface area contributed by atoms with E-state index < -0.39 is 0 Å². The number of benzene rings is 2. The SMILES string of the molecule is CCOc1ccc(NC(=O)C(Br)c2ccccc2)cc1. The molecule has 20 heavy (non-hydrogen) atoms. The molecule has 0 aromatic heterocycles. The van der Waals surface area contributed by atoms with Crippen LogP contribution in [0.4, 0.5) is 5.69 Å². The van der Waals surface area contributed by atoms with Gasteiger partial charge in [0, 0.05) is 5.69 Å². The maximum Gasteiger partial charge on any atom is 0.242 e. The number of carbonyl (C=O) groups is 1. The van der Waals surface area contributed by atoms with Gasteiger partial charge in [-0.05, 0) is 36.8 Å². The fourth-order valence-electron chi connectivity index (χ4n) is 1.78. The lowest BCUT2D eigenvalue weighted by atomic mass is 10.1. The Morgan fingerprint density at radius 2 is 1.80 bits per heavy atom. The van der Waals surface area contributed by atoms with E-state index in [0.717, 1.165) is 17.0 Å². The van der Waals surface area contributed by atoms with Crippen LogP contribution in [0.25, 0.3) is 0 Å². The Hall–Kier alpha value is -1.81. The van der Waals surface area contributed by atoms with E-state index >= 15 is 0 Å². The normalized spacial score (nSPS) is 11.7. The molecule has 3 nitrogen and oxygen atoms in total. The van der Waals surface area contributed by atoms with Gasteiger partial charge in [0.1, 0.15) is 10.6 Å². The van der Waals surface area contributed by atoms with Crippen molar-refractivity contribution in [3.05, 3.63) is 60.2 Å². The van der Waals surface area contributed by atoms with Gasteiger partial charge in [-0.3, -0.25) is 4.79 Å². The molecule has 1 amide bonds. The second-order valence-electron chi connectivity index (χ2n) is 4.22. The summed E-state index contributed by atoms with van der Waals surface area (Å²) in [5.74, 6) is 0.698. The fraction of sp³-hybridized carbons (Fsp3) is 0.188. The van der Waals surface area contributed by atoms with Gasteiger partial charge in [-0.1, -0.05) is 46.3 Å². The molecule has 1 unspecified atom stereocenters. The minimum Gasteiger partial charge on any atom is -0.494 e. The number of hydrogen-bond acceptors (Lipinski definition) is 2. The Morgan fingerprint density at radius 3 is 2.40 bits per heavy atom. The molecule has 0 saturated carbocycles. The van der Waals surface area contributed by atoms with E-state index in [1.165, 1.54) is 0 Å². The van der Waals surface area contributed by atoms with E-state index in [1.54, 1.807) is 0 Å². The zero-order valence-corrected chi connectivity index (χ0v) is 12.8. The summed E-state index contributed by atoms with van der Waals surface area (Å²) in [5.41, 5.74) is 1.68. The Morgan fingerprint density at radius 1 is 1.15 bits per heavy atom. The van der Waals surface area contributed by atoms with Crippen molar-refractivity contribution >= 4 is 27.5 Å². The number of rotatable bonds is 5. The predicted molar refractivity (Wildman–Crippen MR) is 84.4 cm³/mol. The number of halogens is 1. The lowest BCUT2D eigenvalue weighted by Gasteiger charge is -2.11. The van der Waals surface area contributed by atoms with Gasteiger partial charge in [-0.2, -0.15) is 0 Å². The highest BCUT2D eigenvalue weighted by Crippen LogP contribution is 2.24. The van der Waals surface area contributed by atoms with E-state index in [-0.39, 0.29) is 10.7 Å². The lowest BCUT2D eigenvalue weighted by Crippen LogP contribution is -2.16. The third kappa shape index (κ3) is 3.84. The standard InChI is InChI=1S/C16H16BrNO2/c1-2-20-14-10-8-13(9-11-14)18-16(19)15(17)12-6-4-3-5-7-12/h3-11,15H,2H2,1H3,(H,18,19). The summed E-state index contributed by atoms with van der Waals surface area (Å²) in [5, 5.41) is 2.87. The maximum atomic E-state index is 12.1. The van der Waals surface area contributed by atoms with E-state index in [4.69, 9.17) is 4.74 Å². The van der Waals surface area contributed by atoms with Crippen LogP contribution in [0, 0.1) is 0 Å². The molecule has 4 heteroatoms. The van der Waals surface area contributed by atoms with Crippen LogP contribution in [0.5, 0.6) is 5.75 Å². The molecule has 2 aromatic rings. The first-order valence-corrected chi connectivity index (χ1v) is 7.35. The Kier molecular flexibility index (Phi) is 5.18. The molecule has 1 atom stereocenters. The van der Waals surface area contributed by atoms with Crippen LogP contribution in [0.3, 0.4) is 0 Å². The molecular formula is C16H16BrNO2. The number of nitrogens with one attached hydrogen (secondary N) is 1. The zero-order valence-electron chi connectivity index (χ0n) is 11.2. The third-order valence-electron chi connectivity index (χ3n) is 2.76. The highest BCUT2D eigenvalue weighted by atomic mass is 79.9. The first kappa shape index (κ1) is 14.6. The van der Waals surface area contributed by atoms with Crippen LogP contribution >= 0.6 is 15.9 Å². The largest absolute Gasteiger partial charge is 0.494 e. The molecule has 0 aliphatic heterocycles. The number of amides is 1. The number of anilines is 1. The summed E-state index contributed by atoms with van der Waals surface area (Å²) in [6.45, 7) is 2.56. The highest BCUT2D eigenvalue weighted by Gasteiger charge is 2.16. The van der Waals surface area contributed by atoms with Gasteiger partial charge >= 0.3 is 0 Å². The quantitative estimate of drug-likeness (QED) is 0.834. The first-order chi connectivity index (χ1) is 9.70. The van der Waals surface area contributed by atoms with Crippen molar-refractivity contribution in [1.82, 2.24) is 0 Å². The molecule has 0 aliphatic rings. The zero-order chi connectivity index (χ0) is 14.4. The number of carbonyl (C=O) groups excluding carboxylic acids is 1. The van der Waals surface area contributed by atoms with Gasteiger partial charge in [0.25, 0.3) is 0 Å². The van der Waals surface area contributed by atoms with Gasteiger partial charge < -0.3 is 10.1 Å². The average Bonchev–Trinajstić information content (AvgIpc) is 2.49. The van der Waals surface area contributed by atoms with E-state index in [1.807, 2.05) is 61.5 Å². The molecule has 0 saturated heterocycles. The Balaban J connectivity index is 2.00. The first-order valence-electron chi connectivity index (χ1n) is 6.43. The third-order valence-corrected chi connectivity index (χ3v) is 3.70. The van der Waals surface area contributed by atoms with Crippen LogP contribution in [0.2, 0.25) is 0 Å². The van der Waals surface area contributed by atoms with Crippen molar-refractivity contribution in [2.24, 2.45) is 0 Å². The summed E-state index contributed by atoms with van der Waals surface area (Å²) in [7, 11) is 0. The summed E-state index contributed by atoms with van der Waals surface area (Å²) in [6.07, 6.45) is 0. The molecule has 1 N–H and O–H groups in total. The van der Waals surface area contributed by atoms with Crippen molar-refractivity contribution in [2.45, 2.75) is 11.8 Å². The van der Waals surface area contributed by atoms with Crippen LogP contribution in [-0.4, -0.2) is 12.5 Å². The Labute approximate surface area is 127 Å². The topological polar surface area (TPSA) is 38.3 Å². The van der Waals surface area contributed by atoms with Crippen LogP contribution in [0.15, 0.2) is 54.6 Å². The molecule has 2 rings (SSSR count). The summed E-state index contributed by atoms with van der Waals surface area (Å²) in [4.78, 5) is 11.8. The van der Waals surface area contributed by atoms with Crippen LogP contribution in [0.1, 0.15) is 17.3 Å².